The average Bonchev–Trinajstić information content (AvgIpc) is 2.85. The number of nitrogens with one attached hydrogen (secondary N) is 3. The van der Waals surface area contributed by atoms with Gasteiger partial charge in [-0.05, 0) is 60.9 Å². The first kappa shape index (κ1) is 23.7. The summed E-state index contributed by atoms with van der Waals surface area (Å²) in [5.74, 6) is -0.289. The van der Waals surface area contributed by atoms with E-state index in [2.05, 4.69) is 25.2 Å². The maximum absolute atomic E-state index is 13.4. The number of aromatic nitrogens is 1. The Bertz CT molecular complexity index is 1270. The van der Waals surface area contributed by atoms with Crippen molar-refractivity contribution in [2.24, 2.45) is 0 Å². The molecule has 9 heteroatoms. The molecule has 1 amide bonds. The van der Waals surface area contributed by atoms with Crippen molar-refractivity contribution in [3.63, 3.8) is 0 Å². The summed E-state index contributed by atoms with van der Waals surface area (Å²) in [5.41, 5.74) is 3.91. The van der Waals surface area contributed by atoms with Gasteiger partial charge in [0, 0.05) is 50.7 Å². The minimum atomic E-state index is -3.86. The topological polar surface area (TPSA) is 103 Å². The van der Waals surface area contributed by atoms with Crippen LogP contribution in [-0.4, -0.2) is 45.5 Å². The summed E-state index contributed by atoms with van der Waals surface area (Å²) in [4.78, 5) is 19.3. The van der Waals surface area contributed by atoms with Crippen LogP contribution in [0, 0.1) is 13.8 Å². The van der Waals surface area contributed by atoms with E-state index < -0.39 is 10.0 Å². The smallest absolute Gasteiger partial charge is 0.262 e. The number of hydrogen-bond acceptors (Lipinski definition) is 6. The van der Waals surface area contributed by atoms with Crippen LogP contribution in [0.2, 0.25) is 0 Å². The third-order valence-corrected chi connectivity index (χ3v) is 7.28. The molecule has 0 radical (unpaired) electrons. The van der Waals surface area contributed by atoms with Crippen LogP contribution in [0.4, 0.5) is 11.4 Å². The zero-order valence-electron chi connectivity index (χ0n) is 19.3. The first-order chi connectivity index (χ1) is 16.3. The standard InChI is InChI=1S/C25H29N5O3S/c1-18-5-6-19(2)24(14-18)34(32,33)29-22-15-21(7-8-23(22)30-12-10-26-11-13-30)25(31)28-17-20-4-3-9-27-16-20/h3-9,14-16,26,29H,10-13,17H2,1-2H3,(H,28,31). The Morgan fingerprint density at radius 2 is 1.88 bits per heavy atom. The third kappa shape index (κ3) is 5.55. The molecule has 1 aromatic heterocycles. The molecule has 2 aromatic carbocycles. The molecule has 1 aliphatic rings. The number of aryl methyl sites for hydroxylation is 2. The van der Waals surface area contributed by atoms with Crippen LogP contribution >= 0.6 is 0 Å². The molecule has 2 heterocycles. The van der Waals surface area contributed by atoms with Crippen molar-refractivity contribution in [2.45, 2.75) is 25.3 Å². The van der Waals surface area contributed by atoms with Crippen molar-refractivity contribution in [3.05, 3.63) is 83.2 Å². The number of pyridine rings is 1. The Kier molecular flexibility index (Phi) is 7.14. The van der Waals surface area contributed by atoms with Crippen LogP contribution in [0.25, 0.3) is 0 Å². The largest absolute Gasteiger partial charge is 0.367 e. The molecule has 3 aromatic rings. The molecule has 1 saturated heterocycles. The fourth-order valence-corrected chi connectivity index (χ4v) is 5.32. The van der Waals surface area contributed by atoms with Crippen molar-refractivity contribution >= 4 is 27.3 Å². The summed E-state index contributed by atoms with van der Waals surface area (Å²) >= 11 is 0. The van der Waals surface area contributed by atoms with E-state index in [0.29, 0.717) is 23.4 Å². The second kappa shape index (κ2) is 10.2. The van der Waals surface area contributed by atoms with Crippen molar-refractivity contribution in [1.29, 1.82) is 0 Å². The quantitative estimate of drug-likeness (QED) is 0.482. The van der Waals surface area contributed by atoms with E-state index in [-0.39, 0.29) is 10.8 Å². The van der Waals surface area contributed by atoms with Gasteiger partial charge in [-0.1, -0.05) is 18.2 Å². The number of amides is 1. The fraction of sp³-hybridized carbons (Fsp3) is 0.280. The Balaban J connectivity index is 1.65. The summed E-state index contributed by atoms with van der Waals surface area (Å²) in [6.07, 6.45) is 3.37. The van der Waals surface area contributed by atoms with Crippen molar-refractivity contribution in [3.8, 4) is 0 Å². The van der Waals surface area contributed by atoms with Gasteiger partial charge >= 0.3 is 0 Å². The van der Waals surface area contributed by atoms with Gasteiger partial charge in [0.2, 0.25) is 0 Å². The van der Waals surface area contributed by atoms with Crippen LogP contribution in [0.15, 0.2) is 65.8 Å². The van der Waals surface area contributed by atoms with E-state index in [1.54, 1.807) is 43.6 Å². The molecular weight excluding hydrogens is 450 g/mol. The predicted octanol–water partition coefficient (Wildman–Crippen LogP) is 2.84. The minimum Gasteiger partial charge on any atom is -0.367 e. The lowest BCUT2D eigenvalue weighted by Gasteiger charge is -2.31. The van der Waals surface area contributed by atoms with Gasteiger partial charge < -0.3 is 15.5 Å². The maximum atomic E-state index is 13.4. The highest BCUT2D eigenvalue weighted by molar-refractivity contribution is 7.92. The zero-order valence-corrected chi connectivity index (χ0v) is 20.2. The number of hydrogen-bond donors (Lipinski definition) is 3. The molecule has 4 rings (SSSR count). The second-order valence-electron chi connectivity index (χ2n) is 8.39. The average molecular weight is 480 g/mol. The Morgan fingerprint density at radius 1 is 1.09 bits per heavy atom. The summed E-state index contributed by atoms with van der Waals surface area (Å²) in [6, 6.07) is 14.2. The van der Waals surface area contributed by atoms with E-state index in [9.17, 15) is 13.2 Å². The van der Waals surface area contributed by atoms with E-state index in [1.807, 2.05) is 31.2 Å². The molecule has 0 spiro atoms. The van der Waals surface area contributed by atoms with Crippen LogP contribution in [0.3, 0.4) is 0 Å². The first-order valence-corrected chi connectivity index (χ1v) is 12.7. The number of benzene rings is 2. The van der Waals surface area contributed by atoms with Crippen LogP contribution in [0.5, 0.6) is 0 Å². The van der Waals surface area contributed by atoms with Gasteiger partial charge in [-0.15, -0.1) is 0 Å². The van der Waals surface area contributed by atoms with E-state index in [1.165, 1.54) is 0 Å². The number of piperazine rings is 1. The van der Waals surface area contributed by atoms with E-state index in [0.717, 1.165) is 43.0 Å². The summed E-state index contributed by atoms with van der Waals surface area (Å²) < 4.78 is 29.5. The normalized spacial score (nSPS) is 14.0. The number of nitrogens with zero attached hydrogens (tertiary/aromatic N) is 2. The third-order valence-electron chi connectivity index (χ3n) is 5.77. The Labute approximate surface area is 200 Å². The fourth-order valence-electron chi connectivity index (χ4n) is 3.92. The van der Waals surface area contributed by atoms with Gasteiger partial charge in [0.05, 0.1) is 16.3 Å². The minimum absolute atomic E-state index is 0.227. The molecular formula is C25H29N5O3S. The molecule has 178 valence electrons. The number of carbonyl (C=O) groups excluding carboxylic acids is 1. The zero-order chi connectivity index (χ0) is 24.1. The van der Waals surface area contributed by atoms with Gasteiger partial charge in [0.25, 0.3) is 15.9 Å². The SMILES string of the molecule is Cc1ccc(C)c(S(=O)(=O)Nc2cc(C(=O)NCc3cccnc3)ccc2N2CCNCC2)c1. The molecule has 0 atom stereocenters. The molecule has 3 N–H and O–H groups in total. The summed E-state index contributed by atoms with van der Waals surface area (Å²) in [6.45, 7) is 7.05. The summed E-state index contributed by atoms with van der Waals surface area (Å²) in [7, 11) is -3.86. The number of carbonyl (C=O) groups is 1. The van der Waals surface area contributed by atoms with Gasteiger partial charge in [-0.3, -0.25) is 14.5 Å². The lowest BCUT2D eigenvalue weighted by molar-refractivity contribution is 0.0951. The first-order valence-electron chi connectivity index (χ1n) is 11.2. The van der Waals surface area contributed by atoms with Crippen LogP contribution < -0.4 is 20.3 Å². The highest BCUT2D eigenvalue weighted by Crippen LogP contribution is 2.31. The number of anilines is 2. The van der Waals surface area contributed by atoms with Gasteiger partial charge in [0.1, 0.15) is 0 Å². The van der Waals surface area contributed by atoms with Gasteiger partial charge in [-0.25, -0.2) is 8.42 Å². The lowest BCUT2D eigenvalue weighted by Crippen LogP contribution is -2.43. The Hall–Kier alpha value is -3.43. The molecule has 8 nitrogen and oxygen atoms in total. The van der Waals surface area contributed by atoms with E-state index in [4.69, 9.17) is 0 Å². The molecule has 34 heavy (non-hydrogen) atoms. The van der Waals surface area contributed by atoms with Crippen molar-refractivity contribution < 1.29 is 13.2 Å². The van der Waals surface area contributed by atoms with Gasteiger partial charge in [-0.2, -0.15) is 0 Å². The summed E-state index contributed by atoms with van der Waals surface area (Å²) in [5, 5.41) is 6.18. The number of rotatable bonds is 7. The highest BCUT2D eigenvalue weighted by atomic mass is 32.2. The molecule has 0 saturated carbocycles. The molecule has 1 fully saturated rings. The second-order valence-corrected chi connectivity index (χ2v) is 10.0. The Morgan fingerprint density at radius 3 is 2.62 bits per heavy atom. The molecule has 1 aliphatic heterocycles. The molecule has 0 aliphatic carbocycles. The van der Waals surface area contributed by atoms with Crippen LogP contribution in [0.1, 0.15) is 27.0 Å². The van der Waals surface area contributed by atoms with Crippen LogP contribution in [-0.2, 0) is 16.6 Å². The number of sulfonamides is 1. The molecule has 0 unspecified atom stereocenters. The van der Waals surface area contributed by atoms with Gasteiger partial charge in [0.15, 0.2) is 0 Å². The lowest BCUT2D eigenvalue weighted by atomic mass is 10.1. The predicted molar refractivity (Wildman–Crippen MR) is 134 cm³/mol. The molecule has 0 bridgehead atoms. The monoisotopic (exact) mass is 479 g/mol. The van der Waals surface area contributed by atoms with Crippen molar-refractivity contribution in [1.82, 2.24) is 15.6 Å². The van der Waals surface area contributed by atoms with E-state index >= 15 is 0 Å². The van der Waals surface area contributed by atoms with Crippen molar-refractivity contribution in [2.75, 3.05) is 35.8 Å². The maximum Gasteiger partial charge on any atom is 0.262 e. The highest BCUT2D eigenvalue weighted by Gasteiger charge is 2.22.